The minimum atomic E-state index is -0.446. The van der Waals surface area contributed by atoms with Crippen LogP contribution in [0.25, 0.3) is 0 Å². The first-order chi connectivity index (χ1) is 10.4. The van der Waals surface area contributed by atoms with Crippen LogP contribution in [0.2, 0.25) is 0 Å². The van der Waals surface area contributed by atoms with E-state index in [-0.39, 0.29) is 20.1 Å². The molecule has 0 spiro atoms. The molecule has 3 rings (SSSR count). The molecule has 3 aromatic carbocycles. The van der Waals surface area contributed by atoms with Crippen molar-refractivity contribution in [3.8, 4) is 0 Å². The molecule has 0 atom stereocenters. The summed E-state index contributed by atoms with van der Waals surface area (Å²) in [7, 11) is -0.446. The smallest absolute Gasteiger partial charge is 0.106 e. The molecule has 3 heteroatoms. The van der Waals surface area contributed by atoms with Gasteiger partial charge in [-0.05, 0) is 23.8 Å². The number of carbonyl (C=O) groups is 1. The molecule has 0 aliphatic heterocycles. The number of carbonyl (C=O) groups excluding carboxylic acids is 1. The first kappa shape index (κ1) is 18.5. The first-order valence-corrected chi connectivity index (χ1v) is 8.03. The molecule has 0 N–H and O–H groups in total. The molecule has 1 nitrogen and oxygen atoms in total. The van der Waals surface area contributed by atoms with E-state index in [1.54, 1.807) is 0 Å². The topological polar surface area (TPSA) is 17.1 Å². The maximum absolute atomic E-state index is 8.00. The van der Waals surface area contributed by atoms with Crippen molar-refractivity contribution in [3.63, 3.8) is 0 Å². The fourth-order valence-electron chi connectivity index (χ4n) is 2.18. The van der Waals surface area contributed by atoms with Gasteiger partial charge in [0.25, 0.3) is 0 Å². The summed E-state index contributed by atoms with van der Waals surface area (Å²) in [4.78, 5) is 8.00. The zero-order valence-corrected chi connectivity index (χ0v) is 15.3. The van der Waals surface area contributed by atoms with Crippen molar-refractivity contribution in [2.75, 3.05) is 0 Å². The summed E-state index contributed by atoms with van der Waals surface area (Å²) in [5, 5.41) is 4.19. The van der Waals surface area contributed by atoms with E-state index in [4.69, 9.17) is 4.79 Å². The second-order valence-electron chi connectivity index (χ2n) is 4.34. The number of hydrogen-bond acceptors (Lipinski definition) is 1. The molecular weight excluding hydrogens is 467 g/mol. The van der Waals surface area contributed by atoms with Gasteiger partial charge in [-0.15, -0.1) is 0 Å². The van der Waals surface area contributed by atoms with Gasteiger partial charge in [0.2, 0.25) is 0 Å². The Morgan fingerprint density at radius 1 is 0.500 bits per heavy atom. The van der Waals surface area contributed by atoms with Crippen LogP contribution in [0.3, 0.4) is 0 Å². The summed E-state index contributed by atoms with van der Waals surface area (Å²) < 4.78 is 0. The monoisotopic (exact) mass is 485 g/mol. The number of benzene rings is 3. The van der Waals surface area contributed by atoms with Gasteiger partial charge in [-0.3, -0.25) is 0 Å². The largest absolute Gasteiger partial charge is 0.307 e. The van der Waals surface area contributed by atoms with Crippen LogP contribution in [0, 0.1) is 0 Å². The molecule has 113 valence electrons. The Balaban J connectivity index is 0.000000775. The Labute approximate surface area is 146 Å². The summed E-state index contributed by atoms with van der Waals surface area (Å²) in [5.74, 6) is 0. The molecule has 0 saturated heterocycles. The summed E-state index contributed by atoms with van der Waals surface area (Å²) in [6.45, 7) is 2.00. The van der Waals surface area contributed by atoms with Crippen LogP contribution in [-0.4, -0.2) is 6.79 Å². The Hall–Kier alpha value is -1.59. The molecule has 0 aliphatic carbocycles. The summed E-state index contributed by atoms with van der Waals surface area (Å²) in [5.41, 5.74) is 0. The fourth-order valence-corrected chi connectivity index (χ4v) is 4.48. The standard InChI is InChI=1S/C18H15P.CH2O.Ir/c1-4-10-16(11-5-1)19(17-12-6-2-7-13-17)18-14-8-3-9-15-18;1-2;/h1-15H;1H2;. The van der Waals surface area contributed by atoms with Gasteiger partial charge in [0.15, 0.2) is 0 Å². The van der Waals surface area contributed by atoms with E-state index in [0.717, 1.165) is 0 Å². The second-order valence-corrected chi connectivity index (χ2v) is 6.56. The van der Waals surface area contributed by atoms with Gasteiger partial charge in [-0.25, -0.2) is 0 Å². The van der Waals surface area contributed by atoms with Gasteiger partial charge in [-0.1, -0.05) is 91.0 Å². The van der Waals surface area contributed by atoms with Crippen molar-refractivity contribution >= 4 is 30.6 Å². The van der Waals surface area contributed by atoms with Gasteiger partial charge in [0.1, 0.15) is 6.79 Å². The van der Waals surface area contributed by atoms with E-state index in [2.05, 4.69) is 91.0 Å². The molecule has 0 aliphatic rings. The molecule has 0 heterocycles. The predicted molar refractivity (Wildman–Crippen MR) is 92.3 cm³/mol. The molecule has 22 heavy (non-hydrogen) atoms. The van der Waals surface area contributed by atoms with Crippen LogP contribution in [0.4, 0.5) is 0 Å². The summed E-state index contributed by atoms with van der Waals surface area (Å²) in [6.07, 6.45) is 0. The molecule has 0 amide bonds. The maximum atomic E-state index is 8.00. The molecule has 0 bridgehead atoms. The zero-order valence-electron chi connectivity index (χ0n) is 12.1. The van der Waals surface area contributed by atoms with E-state index >= 15 is 0 Å². The average Bonchev–Trinajstić information content (AvgIpc) is 2.60. The van der Waals surface area contributed by atoms with Gasteiger partial charge in [0.05, 0.1) is 0 Å². The zero-order chi connectivity index (χ0) is 14.9. The molecule has 0 saturated carbocycles. The van der Waals surface area contributed by atoms with E-state index < -0.39 is 7.92 Å². The molecule has 0 aromatic heterocycles. The Morgan fingerprint density at radius 2 is 0.727 bits per heavy atom. The second kappa shape index (κ2) is 10.2. The van der Waals surface area contributed by atoms with Crippen molar-refractivity contribution in [1.29, 1.82) is 0 Å². The summed E-state index contributed by atoms with van der Waals surface area (Å²) in [6, 6.07) is 32.3. The average molecular weight is 485 g/mol. The van der Waals surface area contributed by atoms with Crippen LogP contribution in [0.15, 0.2) is 91.0 Å². The van der Waals surface area contributed by atoms with Crippen LogP contribution in [0.5, 0.6) is 0 Å². The Morgan fingerprint density at radius 3 is 0.955 bits per heavy atom. The van der Waals surface area contributed by atoms with Crippen molar-refractivity contribution < 1.29 is 24.9 Å². The van der Waals surface area contributed by atoms with Gasteiger partial charge in [-0.2, -0.15) is 0 Å². The van der Waals surface area contributed by atoms with E-state index in [0.29, 0.717) is 0 Å². The van der Waals surface area contributed by atoms with Crippen molar-refractivity contribution in [2.45, 2.75) is 0 Å². The quantitative estimate of drug-likeness (QED) is 0.522. The maximum Gasteiger partial charge on any atom is 0.106 e. The van der Waals surface area contributed by atoms with Crippen LogP contribution < -0.4 is 15.9 Å². The fraction of sp³-hybridized carbons (Fsp3) is 0. The van der Waals surface area contributed by atoms with Crippen molar-refractivity contribution in [2.24, 2.45) is 0 Å². The van der Waals surface area contributed by atoms with Gasteiger partial charge < -0.3 is 4.79 Å². The van der Waals surface area contributed by atoms with Crippen molar-refractivity contribution in [3.05, 3.63) is 91.0 Å². The van der Waals surface area contributed by atoms with E-state index in [1.807, 2.05) is 6.79 Å². The molecular formula is C19H17IrOP. The first-order valence-electron chi connectivity index (χ1n) is 6.69. The normalized spacial score (nSPS) is 9.32. The minimum Gasteiger partial charge on any atom is -0.307 e. The third-order valence-electron chi connectivity index (χ3n) is 3.04. The third-order valence-corrected chi connectivity index (χ3v) is 5.49. The van der Waals surface area contributed by atoms with E-state index in [9.17, 15) is 0 Å². The molecule has 0 fully saturated rings. The SMILES string of the molecule is C=O.[Ir].c1ccc(P(c2ccccc2)c2ccccc2)cc1. The van der Waals surface area contributed by atoms with Crippen LogP contribution in [0.1, 0.15) is 0 Å². The molecule has 1 radical (unpaired) electrons. The van der Waals surface area contributed by atoms with Gasteiger partial charge >= 0.3 is 0 Å². The van der Waals surface area contributed by atoms with Crippen LogP contribution in [-0.2, 0) is 24.9 Å². The number of rotatable bonds is 3. The summed E-state index contributed by atoms with van der Waals surface area (Å²) >= 11 is 0. The van der Waals surface area contributed by atoms with E-state index in [1.165, 1.54) is 15.9 Å². The Bertz CT molecular complexity index is 550. The Kier molecular flexibility index (Phi) is 8.55. The molecule has 3 aromatic rings. The predicted octanol–water partition coefficient (Wildman–Crippen LogP) is 3.26. The minimum absolute atomic E-state index is 0. The molecule has 0 unspecified atom stereocenters. The number of hydrogen-bond donors (Lipinski definition) is 0. The van der Waals surface area contributed by atoms with Gasteiger partial charge in [0, 0.05) is 20.1 Å². The van der Waals surface area contributed by atoms with Crippen molar-refractivity contribution in [1.82, 2.24) is 0 Å². The van der Waals surface area contributed by atoms with Crippen LogP contribution >= 0.6 is 7.92 Å². The third kappa shape index (κ3) is 4.71.